The van der Waals surface area contributed by atoms with Crippen LogP contribution in [0.25, 0.3) is 17.3 Å². The summed E-state index contributed by atoms with van der Waals surface area (Å²) in [5, 5.41) is 3.78. The Morgan fingerprint density at radius 1 is 1.06 bits per heavy atom. The zero-order chi connectivity index (χ0) is 25.7. The van der Waals surface area contributed by atoms with Crippen molar-refractivity contribution in [2.45, 2.75) is 36.0 Å². The zero-order valence-electron chi connectivity index (χ0n) is 17.1. The fourth-order valence-corrected chi connectivity index (χ4v) is 4.00. The van der Waals surface area contributed by atoms with E-state index in [1.165, 1.54) is 19.3 Å². The molecule has 0 unspecified atom stereocenters. The number of imidazole rings is 1. The van der Waals surface area contributed by atoms with E-state index in [0.717, 1.165) is 24.1 Å². The maximum absolute atomic E-state index is 14.6. The van der Waals surface area contributed by atoms with E-state index in [-0.39, 0.29) is 12.0 Å². The molecule has 3 heterocycles. The fourth-order valence-electron chi connectivity index (χ4n) is 2.99. The number of nitrogens with zero attached hydrogens (tertiary/aromatic N) is 6. The summed E-state index contributed by atoms with van der Waals surface area (Å²) in [5.41, 5.74) is -8.22. The SMILES string of the molecule is CCS(=O)(=O)c1ccc(-n2cncn2)nc1-c1ncc([C@@H](F)C(F)(C(F)(F)F)C(F)(F)F)n1C. The number of hydrogen-bond donors (Lipinski definition) is 0. The second kappa shape index (κ2) is 8.28. The predicted molar refractivity (Wildman–Crippen MR) is 98.9 cm³/mol. The molecule has 0 aromatic carbocycles. The second-order valence-electron chi connectivity index (χ2n) is 6.90. The molecule has 186 valence electrons. The van der Waals surface area contributed by atoms with Crippen molar-refractivity contribution in [1.82, 2.24) is 29.3 Å². The molecule has 0 fully saturated rings. The summed E-state index contributed by atoms with van der Waals surface area (Å²) in [5.74, 6) is -1.13. The molecule has 0 N–H and O–H groups in total. The van der Waals surface area contributed by atoms with E-state index in [1.54, 1.807) is 0 Å². The molecular weight excluding hydrogens is 504 g/mol. The summed E-state index contributed by atoms with van der Waals surface area (Å²) in [6, 6.07) is 2.27. The van der Waals surface area contributed by atoms with E-state index in [2.05, 4.69) is 20.1 Å². The quantitative estimate of drug-likeness (QED) is 0.462. The third kappa shape index (κ3) is 4.01. The van der Waals surface area contributed by atoms with Crippen molar-refractivity contribution in [3.63, 3.8) is 0 Å². The van der Waals surface area contributed by atoms with Gasteiger partial charge in [-0.1, -0.05) is 6.92 Å². The predicted octanol–water partition coefficient (Wildman–Crippen LogP) is 3.70. The van der Waals surface area contributed by atoms with Crippen LogP contribution in [0, 0.1) is 0 Å². The Bertz CT molecular complexity index is 1270. The summed E-state index contributed by atoms with van der Waals surface area (Å²) < 4.78 is 133. The average Bonchev–Trinajstić information content (AvgIpc) is 3.40. The Labute approximate surface area is 186 Å². The Kier molecular flexibility index (Phi) is 6.21. The van der Waals surface area contributed by atoms with Crippen molar-refractivity contribution in [2.75, 3.05) is 5.75 Å². The van der Waals surface area contributed by atoms with Gasteiger partial charge in [-0.2, -0.15) is 31.4 Å². The molecule has 1 atom stereocenters. The lowest BCUT2D eigenvalue weighted by atomic mass is 9.96. The summed E-state index contributed by atoms with van der Waals surface area (Å²) in [6.07, 6.45) is -15.1. The minimum absolute atomic E-state index is 0.0469. The molecular formula is C17H14F8N6O2S. The van der Waals surface area contributed by atoms with Crippen LogP contribution in [0.5, 0.6) is 0 Å². The molecule has 0 amide bonds. The van der Waals surface area contributed by atoms with Gasteiger partial charge in [0, 0.05) is 7.05 Å². The number of rotatable bonds is 6. The molecule has 0 bridgehead atoms. The van der Waals surface area contributed by atoms with Crippen LogP contribution >= 0.6 is 0 Å². The molecule has 0 saturated heterocycles. The molecule has 17 heteroatoms. The summed E-state index contributed by atoms with van der Waals surface area (Å²) in [7, 11) is -3.26. The minimum Gasteiger partial charge on any atom is -0.327 e. The number of aromatic nitrogens is 6. The van der Waals surface area contributed by atoms with Crippen molar-refractivity contribution < 1.29 is 43.5 Å². The van der Waals surface area contributed by atoms with Gasteiger partial charge >= 0.3 is 18.0 Å². The van der Waals surface area contributed by atoms with Crippen LogP contribution in [0.15, 0.2) is 35.9 Å². The zero-order valence-corrected chi connectivity index (χ0v) is 17.9. The van der Waals surface area contributed by atoms with E-state index >= 15 is 0 Å². The smallest absolute Gasteiger partial charge is 0.327 e. The molecule has 8 nitrogen and oxygen atoms in total. The third-order valence-electron chi connectivity index (χ3n) is 4.88. The second-order valence-corrected chi connectivity index (χ2v) is 9.14. The lowest BCUT2D eigenvalue weighted by Gasteiger charge is -2.32. The number of halogens is 8. The van der Waals surface area contributed by atoms with Gasteiger partial charge in [0.15, 0.2) is 27.7 Å². The van der Waals surface area contributed by atoms with Gasteiger partial charge in [0.1, 0.15) is 18.3 Å². The summed E-state index contributed by atoms with van der Waals surface area (Å²) in [4.78, 5) is 10.8. The highest BCUT2D eigenvalue weighted by Gasteiger charge is 2.77. The number of alkyl halides is 8. The van der Waals surface area contributed by atoms with Crippen LogP contribution < -0.4 is 0 Å². The van der Waals surface area contributed by atoms with E-state index in [1.807, 2.05) is 0 Å². The van der Waals surface area contributed by atoms with Gasteiger partial charge in [0.05, 0.1) is 22.5 Å². The molecule has 34 heavy (non-hydrogen) atoms. The van der Waals surface area contributed by atoms with Gasteiger partial charge in [-0.05, 0) is 12.1 Å². The van der Waals surface area contributed by atoms with Crippen molar-refractivity contribution in [2.24, 2.45) is 7.05 Å². The van der Waals surface area contributed by atoms with Crippen molar-refractivity contribution in [3.8, 4) is 17.3 Å². The Morgan fingerprint density at radius 2 is 1.68 bits per heavy atom. The maximum Gasteiger partial charge on any atom is 0.434 e. The molecule has 0 aliphatic carbocycles. The van der Waals surface area contributed by atoms with Crippen LogP contribution in [-0.2, 0) is 16.9 Å². The Balaban J connectivity index is 2.24. The Morgan fingerprint density at radius 3 is 2.18 bits per heavy atom. The number of pyridine rings is 1. The maximum atomic E-state index is 14.6. The normalized spacial score (nSPS) is 14.4. The fraction of sp³-hybridized carbons (Fsp3) is 0.412. The van der Waals surface area contributed by atoms with Gasteiger partial charge in [0.25, 0.3) is 0 Å². The number of hydrogen-bond acceptors (Lipinski definition) is 6. The Hall–Kier alpha value is -3.11. The van der Waals surface area contributed by atoms with Crippen LogP contribution in [-0.4, -0.2) is 61.5 Å². The van der Waals surface area contributed by atoms with Gasteiger partial charge < -0.3 is 4.57 Å². The molecule has 0 aliphatic rings. The minimum atomic E-state index is -6.66. The highest BCUT2D eigenvalue weighted by atomic mass is 32.2. The largest absolute Gasteiger partial charge is 0.434 e. The van der Waals surface area contributed by atoms with Gasteiger partial charge in [-0.25, -0.2) is 36.8 Å². The van der Waals surface area contributed by atoms with Crippen LogP contribution in [0.2, 0.25) is 0 Å². The summed E-state index contributed by atoms with van der Waals surface area (Å²) >= 11 is 0. The van der Waals surface area contributed by atoms with Crippen molar-refractivity contribution in [3.05, 3.63) is 36.7 Å². The van der Waals surface area contributed by atoms with Gasteiger partial charge in [-0.15, -0.1) is 0 Å². The first-order chi connectivity index (χ1) is 15.6. The molecule has 3 rings (SSSR count). The first kappa shape index (κ1) is 25.5. The highest BCUT2D eigenvalue weighted by Crippen LogP contribution is 2.54. The van der Waals surface area contributed by atoms with E-state index in [9.17, 15) is 43.5 Å². The van der Waals surface area contributed by atoms with E-state index < -0.39 is 61.9 Å². The van der Waals surface area contributed by atoms with Gasteiger partial charge in [-0.3, -0.25) is 0 Å². The van der Waals surface area contributed by atoms with Crippen molar-refractivity contribution >= 4 is 9.84 Å². The lowest BCUT2D eigenvalue weighted by molar-refractivity contribution is -0.359. The van der Waals surface area contributed by atoms with Gasteiger partial charge in [0.2, 0.25) is 0 Å². The van der Waals surface area contributed by atoms with E-state index in [0.29, 0.717) is 4.57 Å². The van der Waals surface area contributed by atoms with E-state index in [4.69, 9.17) is 0 Å². The van der Waals surface area contributed by atoms with Crippen LogP contribution in [0.3, 0.4) is 0 Å². The van der Waals surface area contributed by atoms with Crippen molar-refractivity contribution in [1.29, 1.82) is 0 Å². The topological polar surface area (TPSA) is 95.6 Å². The first-order valence-corrected chi connectivity index (χ1v) is 10.8. The molecule has 0 radical (unpaired) electrons. The first-order valence-electron chi connectivity index (χ1n) is 9.13. The molecule has 0 aliphatic heterocycles. The monoisotopic (exact) mass is 518 g/mol. The van der Waals surface area contributed by atoms with Crippen LogP contribution in [0.4, 0.5) is 35.1 Å². The summed E-state index contributed by atoms with van der Waals surface area (Å²) in [6.45, 7) is 1.27. The molecule has 0 spiro atoms. The van der Waals surface area contributed by atoms with Crippen LogP contribution in [0.1, 0.15) is 18.8 Å². The number of sulfone groups is 1. The lowest BCUT2D eigenvalue weighted by Crippen LogP contribution is -2.56. The average molecular weight is 518 g/mol. The molecule has 3 aromatic heterocycles. The molecule has 3 aromatic rings. The standard InChI is InChI=1S/C17H14F8N6O2S/c1-3-34(32,33)10-4-5-11(31-8-26-7-28-31)29-12(10)14-27-6-9(30(14)2)13(18)15(19,16(20,21)22)17(23,24)25/h4-8,13H,3H2,1-2H3/t13-/m1/s1. The molecule has 0 saturated carbocycles. The highest BCUT2D eigenvalue weighted by molar-refractivity contribution is 7.91. The third-order valence-corrected chi connectivity index (χ3v) is 6.64.